The van der Waals surface area contributed by atoms with E-state index in [1.807, 2.05) is 31.2 Å². The third kappa shape index (κ3) is 7.23. The number of benzene rings is 2. The summed E-state index contributed by atoms with van der Waals surface area (Å²) in [6, 6.07) is 10.4. The molecule has 0 bridgehead atoms. The molecule has 2 aliphatic rings. The molecule has 2 atom stereocenters. The molecule has 1 saturated heterocycles. The van der Waals surface area contributed by atoms with Gasteiger partial charge in [0.15, 0.2) is 23.0 Å². The number of ether oxygens (including phenoxy) is 6. The number of nitrogens with zero attached hydrogens (tertiary/aromatic N) is 1. The van der Waals surface area contributed by atoms with E-state index < -0.39 is 0 Å². The van der Waals surface area contributed by atoms with Crippen molar-refractivity contribution < 1.29 is 38.4 Å². The van der Waals surface area contributed by atoms with E-state index >= 15 is 0 Å². The molecule has 0 spiro atoms. The van der Waals surface area contributed by atoms with E-state index in [1.165, 1.54) is 0 Å². The molecular formula is C33H43NO8. The van der Waals surface area contributed by atoms with Gasteiger partial charge in [-0.1, -0.05) is 32.1 Å². The second-order valence-electron chi connectivity index (χ2n) is 10.7. The Hall–Kier alpha value is -3.61. The normalized spacial score (nSPS) is 18.5. The van der Waals surface area contributed by atoms with Gasteiger partial charge in [0.25, 0.3) is 5.91 Å². The fraction of sp³-hybridized carbons (Fsp3) is 0.545. The van der Waals surface area contributed by atoms with Crippen molar-refractivity contribution in [2.75, 3.05) is 35.0 Å². The molecule has 0 aromatic heterocycles. The summed E-state index contributed by atoms with van der Waals surface area (Å²) in [5, 5.41) is 10.9. The predicted octanol–water partition coefficient (Wildman–Crippen LogP) is 6.40. The summed E-state index contributed by atoms with van der Waals surface area (Å²) in [5.74, 6) is 5.39. The molecule has 1 saturated carbocycles. The van der Waals surface area contributed by atoms with Crippen molar-refractivity contribution in [3.63, 3.8) is 0 Å². The Bertz CT molecular complexity index is 1250. The van der Waals surface area contributed by atoms with Crippen LogP contribution in [-0.2, 0) is 16.0 Å². The molecule has 9 heteroatoms. The van der Waals surface area contributed by atoms with Gasteiger partial charge in [0.1, 0.15) is 0 Å². The zero-order valence-corrected chi connectivity index (χ0v) is 25.4. The van der Waals surface area contributed by atoms with Crippen molar-refractivity contribution in [3.05, 3.63) is 41.0 Å². The van der Waals surface area contributed by atoms with Crippen LogP contribution in [0.4, 0.5) is 0 Å². The largest absolute Gasteiger partial charge is 0.493 e. The fourth-order valence-corrected chi connectivity index (χ4v) is 5.72. The molecular weight excluding hydrogens is 538 g/mol. The molecule has 2 fully saturated rings. The van der Waals surface area contributed by atoms with E-state index in [4.69, 9.17) is 28.4 Å². The van der Waals surface area contributed by atoms with E-state index in [2.05, 4.69) is 12.0 Å². The van der Waals surface area contributed by atoms with Gasteiger partial charge in [-0.25, -0.2) is 0 Å². The molecule has 9 nitrogen and oxygen atoms in total. The number of rotatable bonds is 11. The third-order valence-electron chi connectivity index (χ3n) is 7.90. The highest BCUT2D eigenvalue weighted by atomic mass is 16.5. The van der Waals surface area contributed by atoms with Crippen molar-refractivity contribution in [1.82, 2.24) is 5.06 Å². The van der Waals surface area contributed by atoms with Gasteiger partial charge in [-0.2, -0.15) is 0 Å². The first-order chi connectivity index (χ1) is 20.4. The lowest BCUT2D eigenvalue weighted by Crippen LogP contribution is -2.31. The number of methoxy groups -OCH3 is 4. The second kappa shape index (κ2) is 15.0. The van der Waals surface area contributed by atoms with Crippen LogP contribution in [0.1, 0.15) is 87.2 Å². The maximum Gasteiger partial charge on any atom is 0.261 e. The molecule has 1 amide bonds. The number of amides is 1. The molecule has 42 heavy (non-hydrogen) atoms. The molecule has 2 aromatic carbocycles. The maximum absolute atomic E-state index is 12.6. The molecule has 1 aliphatic carbocycles. The van der Waals surface area contributed by atoms with Crippen molar-refractivity contribution in [1.29, 1.82) is 0 Å². The molecule has 228 valence electrons. The van der Waals surface area contributed by atoms with Crippen molar-refractivity contribution in [2.24, 2.45) is 5.92 Å². The van der Waals surface area contributed by atoms with E-state index in [1.54, 1.807) is 28.4 Å². The van der Waals surface area contributed by atoms with Crippen LogP contribution >= 0.6 is 0 Å². The number of carbonyl (C=O) groups is 1. The predicted molar refractivity (Wildman–Crippen MR) is 157 cm³/mol. The molecule has 4 rings (SSSR count). The van der Waals surface area contributed by atoms with Crippen LogP contribution in [0.2, 0.25) is 0 Å². The van der Waals surface area contributed by atoms with Crippen LogP contribution in [0, 0.1) is 17.9 Å². The summed E-state index contributed by atoms with van der Waals surface area (Å²) >= 11 is 0. The summed E-state index contributed by atoms with van der Waals surface area (Å²) in [4.78, 5) is 12.6. The van der Waals surface area contributed by atoms with E-state index in [-0.39, 0.29) is 30.5 Å². The van der Waals surface area contributed by atoms with Crippen molar-refractivity contribution in [2.45, 2.75) is 76.9 Å². The van der Waals surface area contributed by atoms with Crippen molar-refractivity contribution in [3.8, 4) is 40.7 Å². The molecule has 1 aliphatic heterocycles. The number of carbonyl (C=O) groups excluding carboxylic acids is 1. The van der Waals surface area contributed by atoms with Crippen LogP contribution in [0.5, 0.6) is 28.7 Å². The second-order valence-corrected chi connectivity index (χ2v) is 10.7. The summed E-state index contributed by atoms with van der Waals surface area (Å²) in [6.07, 6.45) is 7.09. The Balaban J connectivity index is 1.56. The van der Waals surface area contributed by atoms with Gasteiger partial charge in [-0.3, -0.25) is 10.0 Å². The van der Waals surface area contributed by atoms with Crippen LogP contribution in [0.25, 0.3) is 0 Å². The lowest BCUT2D eigenvalue weighted by molar-refractivity contribution is -0.157. The smallest absolute Gasteiger partial charge is 0.261 e. The zero-order valence-electron chi connectivity index (χ0n) is 25.4. The van der Waals surface area contributed by atoms with Crippen LogP contribution < -0.4 is 23.7 Å². The highest BCUT2D eigenvalue weighted by Gasteiger charge is 2.31. The first-order valence-electron chi connectivity index (χ1n) is 14.7. The van der Waals surface area contributed by atoms with Crippen LogP contribution in [0.15, 0.2) is 24.3 Å². The number of hydrogen-bond donors (Lipinski definition) is 1. The van der Waals surface area contributed by atoms with Gasteiger partial charge in [-0.15, -0.1) is 5.06 Å². The topological polar surface area (TPSA) is 95.9 Å². The van der Waals surface area contributed by atoms with Gasteiger partial charge < -0.3 is 28.4 Å². The minimum absolute atomic E-state index is 0.164. The summed E-state index contributed by atoms with van der Waals surface area (Å²) < 4.78 is 34.9. The summed E-state index contributed by atoms with van der Waals surface area (Å²) in [5.41, 5.74) is 2.70. The lowest BCUT2D eigenvalue weighted by Gasteiger charge is -2.21. The standard InChI is InChI=1S/C33H43NO8/c1-6-17-41-31-23(13-10-16-34(36)33(35)22-11-8-7-9-12-22)18-24(19-28(31)37-2)26-14-15-27(42-26)25-20-29(38-3)32(40-5)30(21-25)39-4/h18-22,26-27,36H,6-9,11-15,17H2,1-5H3. The van der Waals surface area contributed by atoms with Gasteiger partial charge in [0.05, 0.1) is 47.3 Å². The first kappa shape index (κ1) is 31.3. The molecule has 0 radical (unpaired) electrons. The molecule has 2 unspecified atom stereocenters. The number of hydroxylamine groups is 2. The SMILES string of the molecule is CCCOc1c(CC#CN(O)C(=O)C2CCCCC2)cc(C2CCC(c3cc(OC)c(OC)c(OC)c3)O2)cc1OC. The van der Waals surface area contributed by atoms with Crippen LogP contribution in [0.3, 0.4) is 0 Å². The molecule has 1 heterocycles. The van der Waals surface area contributed by atoms with Gasteiger partial charge in [0, 0.05) is 23.9 Å². The fourth-order valence-electron chi connectivity index (χ4n) is 5.72. The van der Waals surface area contributed by atoms with Gasteiger partial charge in [0.2, 0.25) is 5.75 Å². The Morgan fingerprint density at radius 1 is 0.857 bits per heavy atom. The Morgan fingerprint density at radius 3 is 1.98 bits per heavy atom. The average molecular weight is 582 g/mol. The van der Waals surface area contributed by atoms with Gasteiger partial charge in [-0.05, 0) is 67.5 Å². The minimum Gasteiger partial charge on any atom is -0.493 e. The average Bonchev–Trinajstić information content (AvgIpc) is 3.53. The quantitative estimate of drug-likeness (QED) is 0.141. The first-order valence-corrected chi connectivity index (χ1v) is 14.7. The Morgan fingerprint density at radius 2 is 1.43 bits per heavy atom. The Kier molecular flexibility index (Phi) is 11.2. The lowest BCUT2D eigenvalue weighted by atomic mass is 9.89. The Labute approximate surface area is 248 Å². The highest BCUT2D eigenvalue weighted by molar-refractivity contribution is 5.79. The van der Waals surface area contributed by atoms with Crippen molar-refractivity contribution >= 4 is 5.91 Å². The minimum atomic E-state index is -0.326. The molecule has 2 aromatic rings. The monoisotopic (exact) mass is 581 g/mol. The summed E-state index contributed by atoms with van der Waals surface area (Å²) in [6.45, 7) is 2.56. The highest BCUT2D eigenvalue weighted by Crippen LogP contribution is 2.47. The zero-order chi connectivity index (χ0) is 30.1. The van der Waals surface area contributed by atoms with E-state index in [0.717, 1.165) is 68.1 Å². The van der Waals surface area contributed by atoms with E-state index in [0.29, 0.717) is 40.4 Å². The maximum atomic E-state index is 12.6. The number of hydrogen-bond acceptors (Lipinski definition) is 8. The summed E-state index contributed by atoms with van der Waals surface area (Å²) in [7, 11) is 6.39. The van der Waals surface area contributed by atoms with Crippen LogP contribution in [-0.4, -0.2) is 51.2 Å². The molecule has 1 N–H and O–H groups in total. The van der Waals surface area contributed by atoms with Gasteiger partial charge >= 0.3 is 0 Å². The van der Waals surface area contributed by atoms with E-state index in [9.17, 15) is 10.0 Å². The third-order valence-corrected chi connectivity index (χ3v) is 7.90.